The Balaban J connectivity index is 1.57. The minimum absolute atomic E-state index is 0.0923. The van der Waals surface area contributed by atoms with Crippen LogP contribution in [0.3, 0.4) is 0 Å². The van der Waals surface area contributed by atoms with Gasteiger partial charge in [-0.2, -0.15) is 0 Å². The van der Waals surface area contributed by atoms with E-state index in [9.17, 15) is 0 Å². The van der Waals surface area contributed by atoms with E-state index in [-0.39, 0.29) is 5.41 Å². The summed E-state index contributed by atoms with van der Waals surface area (Å²) in [5, 5.41) is 0. The van der Waals surface area contributed by atoms with Gasteiger partial charge in [-0.1, -0.05) is 123 Å². The van der Waals surface area contributed by atoms with Crippen molar-refractivity contribution < 1.29 is 0 Å². The molecule has 2 rings (SSSR count). The summed E-state index contributed by atoms with van der Waals surface area (Å²) < 4.78 is 2.47. The van der Waals surface area contributed by atoms with E-state index in [0.29, 0.717) is 0 Å². The molecule has 0 aliphatic carbocycles. The van der Waals surface area contributed by atoms with Crippen molar-refractivity contribution in [2.75, 3.05) is 0 Å². The third-order valence-corrected chi connectivity index (χ3v) is 6.06. The smallest absolute Gasteiger partial charge is 0.115 e. The highest BCUT2D eigenvalue weighted by Gasteiger charge is 2.22. The number of hydrogen-bond acceptors (Lipinski definition) is 1. The van der Waals surface area contributed by atoms with E-state index in [1.54, 1.807) is 0 Å². The minimum Gasteiger partial charge on any atom is -0.328 e. The molecule has 0 aliphatic heterocycles. The SMILES string of the molecule is CCCCCCCCCCCCCCCCn1c(C(C)(C)C)nc2ccccc21. The number of aromatic nitrogens is 2. The van der Waals surface area contributed by atoms with E-state index in [4.69, 9.17) is 4.98 Å². The molecule has 164 valence electrons. The van der Waals surface area contributed by atoms with E-state index in [2.05, 4.69) is 56.5 Å². The summed E-state index contributed by atoms with van der Waals surface area (Å²) >= 11 is 0. The second-order valence-electron chi connectivity index (χ2n) is 9.92. The second kappa shape index (κ2) is 13.1. The summed E-state index contributed by atoms with van der Waals surface area (Å²) in [5.74, 6) is 1.23. The van der Waals surface area contributed by atoms with Gasteiger partial charge in [-0.05, 0) is 18.6 Å². The lowest BCUT2D eigenvalue weighted by Gasteiger charge is -2.20. The molecule has 0 spiro atoms. The molecule has 0 fully saturated rings. The lowest BCUT2D eigenvalue weighted by molar-refractivity contribution is 0.482. The molecule has 0 aliphatic rings. The molecule has 0 radical (unpaired) electrons. The van der Waals surface area contributed by atoms with Crippen LogP contribution in [0, 0.1) is 0 Å². The molecule has 1 heterocycles. The van der Waals surface area contributed by atoms with Crippen LogP contribution in [-0.2, 0) is 12.0 Å². The van der Waals surface area contributed by atoms with E-state index in [1.807, 2.05) is 0 Å². The summed E-state index contributed by atoms with van der Waals surface area (Å²) in [6.45, 7) is 10.2. The van der Waals surface area contributed by atoms with Crippen molar-refractivity contribution in [2.45, 2.75) is 130 Å². The Morgan fingerprint density at radius 3 is 1.69 bits per heavy atom. The molecule has 1 aromatic heterocycles. The third-order valence-electron chi connectivity index (χ3n) is 6.06. The molecular formula is C27H46N2. The number of para-hydroxylation sites is 2. The third kappa shape index (κ3) is 8.52. The van der Waals surface area contributed by atoms with Crippen LogP contribution < -0.4 is 0 Å². The number of hydrogen-bond donors (Lipinski definition) is 0. The quantitative estimate of drug-likeness (QED) is 0.274. The highest BCUT2D eigenvalue weighted by atomic mass is 15.1. The lowest BCUT2D eigenvalue weighted by Crippen LogP contribution is -2.19. The molecule has 2 heteroatoms. The molecule has 0 saturated heterocycles. The molecule has 29 heavy (non-hydrogen) atoms. The molecule has 0 saturated carbocycles. The number of rotatable bonds is 15. The van der Waals surface area contributed by atoms with Crippen LogP contribution in [0.25, 0.3) is 11.0 Å². The molecule has 2 nitrogen and oxygen atoms in total. The van der Waals surface area contributed by atoms with Crippen molar-refractivity contribution >= 4 is 11.0 Å². The van der Waals surface area contributed by atoms with Gasteiger partial charge < -0.3 is 4.57 Å². The van der Waals surface area contributed by atoms with Gasteiger partial charge in [0.25, 0.3) is 0 Å². The van der Waals surface area contributed by atoms with Crippen LogP contribution in [0.5, 0.6) is 0 Å². The zero-order valence-corrected chi connectivity index (χ0v) is 19.8. The van der Waals surface area contributed by atoms with Crippen molar-refractivity contribution in [3.63, 3.8) is 0 Å². The molecule has 2 aromatic rings. The first-order chi connectivity index (χ1) is 14.0. The maximum absolute atomic E-state index is 4.93. The van der Waals surface area contributed by atoms with Gasteiger partial charge >= 0.3 is 0 Å². The average Bonchev–Trinajstić information content (AvgIpc) is 3.07. The molecule has 0 bridgehead atoms. The minimum atomic E-state index is 0.0923. The number of nitrogens with zero attached hydrogens (tertiary/aromatic N) is 2. The zero-order valence-electron chi connectivity index (χ0n) is 19.8. The number of imidazole rings is 1. The Bertz CT molecular complexity index is 677. The van der Waals surface area contributed by atoms with Gasteiger partial charge in [0, 0.05) is 12.0 Å². The predicted octanol–water partition coefficient (Wildman–Crippen LogP) is 8.82. The van der Waals surface area contributed by atoms with E-state index in [0.717, 1.165) is 12.1 Å². The van der Waals surface area contributed by atoms with Gasteiger partial charge in [0.15, 0.2) is 0 Å². The predicted molar refractivity (Wildman–Crippen MR) is 129 cm³/mol. The maximum atomic E-state index is 4.93. The number of benzene rings is 1. The van der Waals surface area contributed by atoms with Crippen LogP contribution in [0.2, 0.25) is 0 Å². The molecule has 0 atom stereocenters. The van der Waals surface area contributed by atoms with Crippen molar-refractivity contribution in [3.05, 3.63) is 30.1 Å². The van der Waals surface area contributed by atoms with Crippen LogP contribution in [0.4, 0.5) is 0 Å². The van der Waals surface area contributed by atoms with Crippen molar-refractivity contribution in [1.29, 1.82) is 0 Å². The number of fused-ring (bicyclic) bond motifs is 1. The van der Waals surface area contributed by atoms with Gasteiger partial charge in [0.2, 0.25) is 0 Å². The van der Waals surface area contributed by atoms with Gasteiger partial charge in [-0.3, -0.25) is 0 Å². The lowest BCUT2D eigenvalue weighted by atomic mass is 9.95. The molecule has 1 aromatic carbocycles. The molecule has 0 amide bonds. The Kier molecular flexibility index (Phi) is 10.8. The van der Waals surface area contributed by atoms with E-state index in [1.165, 1.54) is 101 Å². The standard InChI is InChI=1S/C27H46N2/c1-5-6-7-8-9-10-11-12-13-14-15-16-17-20-23-29-25-22-19-18-21-24(25)28-26(29)27(2,3)4/h18-19,21-22H,5-17,20,23H2,1-4H3. The van der Waals surface area contributed by atoms with Gasteiger partial charge in [0.05, 0.1) is 11.0 Å². The fourth-order valence-corrected chi connectivity index (χ4v) is 4.34. The van der Waals surface area contributed by atoms with Crippen molar-refractivity contribution in [2.24, 2.45) is 0 Å². The second-order valence-corrected chi connectivity index (χ2v) is 9.92. The Morgan fingerprint density at radius 1 is 0.690 bits per heavy atom. The summed E-state index contributed by atoms with van der Waals surface area (Å²) in [7, 11) is 0. The number of aryl methyl sites for hydroxylation is 1. The molecular weight excluding hydrogens is 352 g/mol. The Hall–Kier alpha value is -1.31. The van der Waals surface area contributed by atoms with Crippen LogP contribution in [-0.4, -0.2) is 9.55 Å². The summed E-state index contributed by atoms with van der Waals surface area (Å²) in [4.78, 5) is 4.93. The highest BCUT2D eigenvalue weighted by molar-refractivity contribution is 5.76. The topological polar surface area (TPSA) is 17.8 Å². The fraction of sp³-hybridized carbons (Fsp3) is 0.741. The maximum Gasteiger partial charge on any atom is 0.115 e. The van der Waals surface area contributed by atoms with Crippen molar-refractivity contribution in [1.82, 2.24) is 9.55 Å². The Labute approximate surface area is 180 Å². The van der Waals surface area contributed by atoms with Gasteiger partial charge in [-0.15, -0.1) is 0 Å². The number of unbranched alkanes of at least 4 members (excludes halogenated alkanes) is 13. The summed E-state index contributed by atoms with van der Waals surface area (Å²) in [5.41, 5.74) is 2.53. The normalized spacial score (nSPS) is 12.1. The zero-order chi connectivity index (χ0) is 21.0. The molecule has 0 unspecified atom stereocenters. The van der Waals surface area contributed by atoms with E-state index < -0.39 is 0 Å². The van der Waals surface area contributed by atoms with Crippen molar-refractivity contribution in [3.8, 4) is 0 Å². The van der Waals surface area contributed by atoms with Crippen LogP contribution in [0.1, 0.15) is 123 Å². The monoisotopic (exact) mass is 398 g/mol. The van der Waals surface area contributed by atoms with Crippen LogP contribution in [0.15, 0.2) is 24.3 Å². The first kappa shape index (κ1) is 24.0. The van der Waals surface area contributed by atoms with E-state index >= 15 is 0 Å². The highest BCUT2D eigenvalue weighted by Crippen LogP contribution is 2.27. The Morgan fingerprint density at radius 2 is 1.17 bits per heavy atom. The first-order valence-electron chi connectivity index (χ1n) is 12.5. The molecule has 0 N–H and O–H groups in total. The summed E-state index contributed by atoms with van der Waals surface area (Å²) in [6.07, 6.45) is 19.8. The largest absolute Gasteiger partial charge is 0.328 e. The van der Waals surface area contributed by atoms with Gasteiger partial charge in [-0.25, -0.2) is 4.98 Å². The average molecular weight is 399 g/mol. The summed E-state index contributed by atoms with van der Waals surface area (Å²) in [6, 6.07) is 8.60. The van der Waals surface area contributed by atoms with Gasteiger partial charge in [0.1, 0.15) is 5.82 Å². The first-order valence-corrected chi connectivity index (χ1v) is 12.5. The fourth-order valence-electron chi connectivity index (χ4n) is 4.34. The van der Waals surface area contributed by atoms with Crippen LogP contribution >= 0.6 is 0 Å².